The van der Waals surface area contributed by atoms with Gasteiger partial charge in [0.25, 0.3) is 0 Å². The lowest BCUT2D eigenvalue weighted by Gasteiger charge is -2.25. The summed E-state index contributed by atoms with van der Waals surface area (Å²) in [5.74, 6) is 2.38. The van der Waals surface area contributed by atoms with E-state index in [4.69, 9.17) is 14.2 Å². The summed E-state index contributed by atoms with van der Waals surface area (Å²) < 4.78 is 44.8. The molecule has 1 fully saturated rings. The largest absolute Gasteiger partial charge is 0.497 e. The van der Waals surface area contributed by atoms with Gasteiger partial charge in [0.1, 0.15) is 22.1 Å². The molecule has 6 nitrogen and oxygen atoms in total. The van der Waals surface area contributed by atoms with Gasteiger partial charge < -0.3 is 14.2 Å². The molecule has 1 aliphatic rings. The van der Waals surface area contributed by atoms with Gasteiger partial charge in [-0.2, -0.15) is 4.31 Å². The zero-order valence-corrected chi connectivity index (χ0v) is 17.9. The summed E-state index contributed by atoms with van der Waals surface area (Å²) in [5, 5.41) is -0.281. The Morgan fingerprint density at radius 3 is 2.36 bits per heavy atom. The number of benzene rings is 2. The van der Waals surface area contributed by atoms with Crippen LogP contribution in [0, 0.1) is 0 Å². The fourth-order valence-corrected chi connectivity index (χ4v) is 6.44. The molecule has 0 radical (unpaired) electrons. The Kier molecular flexibility index (Phi) is 6.74. The number of sulfonamides is 1. The van der Waals surface area contributed by atoms with Crippen LogP contribution in [0.25, 0.3) is 0 Å². The first kappa shape index (κ1) is 20.8. The molecule has 152 valence electrons. The van der Waals surface area contributed by atoms with Gasteiger partial charge in [-0.3, -0.25) is 0 Å². The molecule has 28 heavy (non-hydrogen) atoms. The summed E-state index contributed by atoms with van der Waals surface area (Å²) in [4.78, 5) is 0.166. The second kappa shape index (κ2) is 9.07. The predicted molar refractivity (Wildman–Crippen MR) is 111 cm³/mol. The predicted octanol–water partition coefficient (Wildman–Crippen LogP) is 3.93. The SMILES string of the molecule is CCOc1ccc(S(=O)(=O)N2CCSC2c2ccc(OC)cc2)c(OCC)c1. The molecule has 1 saturated heterocycles. The molecule has 8 heteroatoms. The number of ether oxygens (including phenoxy) is 3. The summed E-state index contributed by atoms with van der Waals surface area (Å²) in [6.07, 6.45) is 0. The lowest BCUT2D eigenvalue weighted by atomic mass is 10.2. The topological polar surface area (TPSA) is 65.1 Å². The van der Waals surface area contributed by atoms with Crippen LogP contribution in [0.3, 0.4) is 0 Å². The minimum atomic E-state index is -3.74. The average Bonchev–Trinajstić information content (AvgIpc) is 3.19. The number of methoxy groups -OCH3 is 1. The summed E-state index contributed by atoms with van der Waals surface area (Å²) in [6.45, 7) is 5.03. The van der Waals surface area contributed by atoms with Crippen LogP contribution in [0.4, 0.5) is 0 Å². The summed E-state index contributed by atoms with van der Waals surface area (Å²) in [5.41, 5.74) is 0.927. The van der Waals surface area contributed by atoms with Gasteiger partial charge in [0, 0.05) is 18.4 Å². The fourth-order valence-electron chi connectivity index (χ4n) is 3.08. The molecule has 2 aromatic rings. The Balaban J connectivity index is 1.96. The van der Waals surface area contributed by atoms with E-state index < -0.39 is 10.0 Å². The second-order valence-electron chi connectivity index (χ2n) is 6.09. The van der Waals surface area contributed by atoms with Crippen molar-refractivity contribution in [1.29, 1.82) is 0 Å². The van der Waals surface area contributed by atoms with E-state index in [-0.39, 0.29) is 10.3 Å². The third kappa shape index (κ3) is 4.24. The number of hydrogen-bond donors (Lipinski definition) is 0. The van der Waals surface area contributed by atoms with E-state index in [9.17, 15) is 8.42 Å². The van der Waals surface area contributed by atoms with Gasteiger partial charge in [0.05, 0.1) is 25.7 Å². The maximum Gasteiger partial charge on any atom is 0.248 e. The van der Waals surface area contributed by atoms with Crippen LogP contribution in [0.2, 0.25) is 0 Å². The van der Waals surface area contributed by atoms with Crippen molar-refractivity contribution in [3.05, 3.63) is 48.0 Å². The third-order valence-electron chi connectivity index (χ3n) is 4.36. The highest BCUT2D eigenvalue weighted by Crippen LogP contribution is 2.43. The van der Waals surface area contributed by atoms with E-state index in [2.05, 4.69) is 0 Å². The third-order valence-corrected chi connectivity index (χ3v) is 7.66. The summed E-state index contributed by atoms with van der Waals surface area (Å²) in [6, 6.07) is 12.4. The molecule has 0 spiro atoms. The minimum Gasteiger partial charge on any atom is -0.497 e. The Morgan fingerprint density at radius 2 is 1.71 bits per heavy atom. The van der Waals surface area contributed by atoms with Crippen molar-refractivity contribution in [3.8, 4) is 17.2 Å². The van der Waals surface area contributed by atoms with Crippen molar-refractivity contribution < 1.29 is 22.6 Å². The monoisotopic (exact) mass is 423 g/mol. The fraction of sp³-hybridized carbons (Fsp3) is 0.400. The molecule has 0 aliphatic carbocycles. The summed E-state index contributed by atoms with van der Waals surface area (Å²) >= 11 is 1.61. The molecule has 0 aromatic heterocycles. The number of rotatable bonds is 8. The molecule has 1 heterocycles. The Morgan fingerprint density at radius 1 is 1.04 bits per heavy atom. The van der Waals surface area contributed by atoms with E-state index >= 15 is 0 Å². The molecule has 0 amide bonds. The first-order valence-corrected chi connectivity index (χ1v) is 11.7. The average molecular weight is 424 g/mol. The smallest absolute Gasteiger partial charge is 0.248 e. The van der Waals surface area contributed by atoms with Crippen molar-refractivity contribution in [2.45, 2.75) is 24.1 Å². The van der Waals surface area contributed by atoms with E-state index in [1.165, 1.54) is 4.31 Å². The first-order valence-electron chi connectivity index (χ1n) is 9.18. The van der Waals surface area contributed by atoms with Crippen LogP contribution in [0.1, 0.15) is 24.8 Å². The summed E-state index contributed by atoms with van der Waals surface area (Å²) in [7, 11) is -2.13. The quantitative estimate of drug-likeness (QED) is 0.641. The van der Waals surface area contributed by atoms with Crippen molar-refractivity contribution in [1.82, 2.24) is 4.31 Å². The van der Waals surface area contributed by atoms with Gasteiger partial charge in [0.15, 0.2) is 0 Å². The van der Waals surface area contributed by atoms with Crippen molar-refractivity contribution in [2.24, 2.45) is 0 Å². The standard InChI is InChI=1S/C20H25NO5S2/c1-4-25-17-10-11-19(18(14-17)26-5-2)28(22,23)21-12-13-27-20(21)15-6-8-16(24-3)9-7-15/h6-11,14,20H,4-5,12-13H2,1-3H3. The van der Waals surface area contributed by atoms with Crippen LogP contribution in [0.15, 0.2) is 47.4 Å². The lowest BCUT2D eigenvalue weighted by molar-refractivity contribution is 0.315. The van der Waals surface area contributed by atoms with Crippen molar-refractivity contribution in [3.63, 3.8) is 0 Å². The molecule has 2 aromatic carbocycles. The lowest BCUT2D eigenvalue weighted by Crippen LogP contribution is -2.31. The van der Waals surface area contributed by atoms with Gasteiger partial charge in [-0.05, 0) is 43.7 Å². The molecule has 0 N–H and O–H groups in total. The van der Waals surface area contributed by atoms with Crippen LogP contribution >= 0.6 is 11.8 Å². The molecule has 0 saturated carbocycles. The maximum absolute atomic E-state index is 13.5. The molecule has 1 atom stereocenters. The van der Waals surface area contributed by atoms with Crippen LogP contribution in [-0.4, -0.2) is 45.3 Å². The van der Waals surface area contributed by atoms with E-state index in [0.29, 0.717) is 31.3 Å². The maximum atomic E-state index is 13.5. The van der Waals surface area contributed by atoms with Gasteiger partial charge >= 0.3 is 0 Å². The molecular weight excluding hydrogens is 398 g/mol. The molecule has 1 aliphatic heterocycles. The molecule has 3 rings (SSSR count). The van der Waals surface area contributed by atoms with E-state index in [1.54, 1.807) is 37.1 Å². The zero-order valence-electron chi connectivity index (χ0n) is 16.3. The highest BCUT2D eigenvalue weighted by atomic mass is 32.2. The Labute approximate surface area is 170 Å². The van der Waals surface area contributed by atoms with Gasteiger partial charge in [-0.15, -0.1) is 11.8 Å². The van der Waals surface area contributed by atoms with Crippen molar-refractivity contribution >= 4 is 21.8 Å². The Bertz CT molecular complexity index is 899. The van der Waals surface area contributed by atoms with E-state index in [1.807, 2.05) is 38.1 Å². The molecule has 0 bridgehead atoms. The first-order chi connectivity index (χ1) is 13.5. The molecular formula is C20H25NO5S2. The van der Waals surface area contributed by atoms with Crippen LogP contribution < -0.4 is 14.2 Å². The van der Waals surface area contributed by atoms with Crippen LogP contribution in [0.5, 0.6) is 17.2 Å². The van der Waals surface area contributed by atoms with Crippen molar-refractivity contribution in [2.75, 3.05) is 32.6 Å². The van der Waals surface area contributed by atoms with E-state index in [0.717, 1.165) is 17.1 Å². The zero-order chi connectivity index (χ0) is 20.1. The number of hydrogen-bond acceptors (Lipinski definition) is 6. The normalized spacial score (nSPS) is 17.5. The molecule has 1 unspecified atom stereocenters. The van der Waals surface area contributed by atoms with Gasteiger partial charge in [-0.1, -0.05) is 12.1 Å². The highest BCUT2D eigenvalue weighted by molar-refractivity contribution is 8.01. The number of thioether (sulfide) groups is 1. The van der Waals surface area contributed by atoms with Gasteiger partial charge in [-0.25, -0.2) is 8.42 Å². The highest BCUT2D eigenvalue weighted by Gasteiger charge is 2.38. The van der Waals surface area contributed by atoms with Crippen LogP contribution in [-0.2, 0) is 10.0 Å². The minimum absolute atomic E-state index is 0.166. The Hall–Kier alpha value is -1.90. The second-order valence-corrected chi connectivity index (χ2v) is 9.13. The number of nitrogens with zero attached hydrogens (tertiary/aromatic N) is 1. The van der Waals surface area contributed by atoms with Gasteiger partial charge in [0.2, 0.25) is 10.0 Å².